The molecule has 0 radical (unpaired) electrons. The Kier molecular flexibility index (Phi) is 11.7. The number of ether oxygens (including phenoxy) is 2. The van der Waals surface area contributed by atoms with E-state index in [1.165, 1.54) is 25.7 Å². The molecule has 6 aromatic rings. The summed E-state index contributed by atoms with van der Waals surface area (Å²) in [6, 6.07) is 10.3. The Hall–Kier alpha value is -2.16. The van der Waals surface area contributed by atoms with Gasteiger partial charge in [-0.3, -0.25) is 0 Å². The number of rotatable bonds is 10. The van der Waals surface area contributed by atoms with Crippen molar-refractivity contribution in [1.29, 1.82) is 0 Å². The zero-order valence-electron chi connectivity index (χ0n) is 30.5. The molecule has 2 aliphatic heterocycles. The van der Waals surface area contributed by atoms with Gasteiger partial charge in [-0.1, -0.05) is 62.8 Å². The van der Waals surface area contributed by atoms with Gasteiger partial charge in [-0.05, 0) is 78.2 Å². The maximum absolute atomic E-state index is 7.03. The maximum atomic E-state index is 7.03. The van der Waals surface area contributed by atoms with E-state index in [0.29, 0.717) is 30.4 Å². The van der Waals surface area contributed by atoms with Gasteiger partial charge in [0.25, 0.3) is 0 Å². The number of halogens is 3. The fourth-order valence-corrected chi connectivity index (χ4v) is 11.1. The van der Waals surface area contributed by atoms with E-state index in [1.807, 2.05) is 30.5 Å². The van der Waals surface area contributed by atoms with Crippen LogP contribution in [0.15, 0.2) is 41.1 Å². The number of methoxy groups -OCH3 is 1. The van der Waals surface area contributed by atoms with Crippen molar-refractivity contribution in [3.05, 3.63) is 61.2 Å². The Balaban J connectivity index is 0.000000271. The minimum absolute atomic E-state index is 0.446. The summed E-state index contributed by atoms with van der Waals surface area (Å²) >= 11 is 19.8. The lowest BCUT2D eigenvalue weighted by molar-refractivity contribution is 0.0899. The highest BCUT2D eigenvalue weighted by Crippen LogP contribution is 2.43. The minimum atomic E-state index is -1.18. The molecule has 2 aliphatic rings. The second-order valence-corrected chi connectivity index (χ2v) is 24.5. The van der Waals surface area contributed by atoms with Crippen LogP contribution in [0.3, 0.4) is 0 Å². The number of aryl methyl sites for hydroxylation is 1. The van der Waals surface area contributed by atoms with Crippen LogP contribution in [0.2, 0.25) is 35.7 Å². The average Bonchev–Trinajstić information content (AvgIpc) is 3.88. The first-order valence-electron chi connectivity index (χ1n) is 18.0. The molecule has 1 unspecified atom stereocenters. The molecule has 52 heavy (non-hydrogen) atoms. The molecular formula is C38H45BrCl2N6O2S2Si. The predicted molar refractivity (Wildman–Crippen MR) is 225 cm³/mol. The van der Waals surface area contributed by atoms with Gasteiger partial charge >= 0.3 is 0 Å². The van der Waals surface area contributed by atoms with Crippen molar-refractivity contribution in [2.45, 2.75) is 97.1 Å². The Bertz CT molecular complexity index is 2210. The zero-order valence-corrected chi connectivity index (χ0v) is 36.2. The summed E-state index contributed by atoms with van der Waals surface area (Å²) in [4.78, 5) is 21.9. The van der Waals surface area contributed by atoms with E-state index in [9.17, 15) is 0 Å². The van der Waals surface area contributed by atoms with Crippen LogP contribution in [0, 0.1) is 5.92 Å². The molecule has 0 aliphatic carbocycles. The minimum Gasteiger partial charge on any atom is -0.378 e. The normalized spacial score (nSPS) is 18.9. The third-order valence-corrected chi connectivity index (χ3v) is 15.8. The molecule has 0 spiro atoms. The number of anilines is 1. The number of hydrogen-bond donors (Lipinski definition) is 0. The van der Waals surface area contributed by atoms with E-state index < -0.39 is 8.07 Å². The van der Waals surface area contributed by atoms with E-state index in [1.54, 1.807) is 29.8 Å². The van der Waals surface area contributed by atoms with E-state index in [2.05, 4.69) is 75.1 Å². The van der Waals surface area contributed by atoms with E-state index in [0.717, 1.165) is 93.0 Å². The van der Waals surface area contributed by atoms with Gasteiger partial charge in [0.2, 0.25) is 0 Å². The fraction of sp³-hybridized carbons (Fsp3) is 0.474. The van der Waals surface area contributed by atoms with Crippen LogP contribution in [0.25, 0.3) is 42.7 Å². The lowest BCUT2D eigenvalue weighted by Gasteiger charge is -2.38. The molecule has 2 fully saturated rings. The summed E-state index contributed by atoms with van der Waals surface area (Å²) in [6.07, 6.45) is 10.0. The lowest BCUT2D eigenvalue weighted by Crippen LogP contribution is -2.43. The molecule has 0 amide bonds. The van der Waals surface area contributed by atoms with Gasteiger partial charge in [0.1, 0.15) is 23.1 Å². The average molecular weight is 861 g/mol. The number of hydrogen-bond acceptors (Lipinski definition) is 9. The molecule has 4 aromatic heterocycles. The van der Waals surface area contributed by atoms with Crippen LogP contribution in [0.5, 0.6) is 0 Å². The molecule has 14 heteroatoms. The summed E-state index contributed by atoms with van der Waals surface area (Å²) in [5.41, 5.74) is 5.51. The summed E-state index contributed by atoms with van der Waals surface area (Å²) in [6.45, 7) is 13.3. The first-order valence-corrected chi connectivity index (χ1v) is 24.9. The molecule has 3 atom stereocenters. The zero-order chi connectivity index (χ0) is 36.7. The third-order valence-electron chi connectivity index (χ3n) is 9.91. The summed E-state index contributed by atoms with van der Waals surface area (Å²) in [7, 11) is 0.503. The van der Waals surface area contributed by atoms with E-state index >= 15 is 0 Å². The quantitative estimate of drug-likeness (QED) is 0.100. The fourth-order valence-electron chi connectivity index (χ4n) is 7.36. The van der Waals surface area contributed by atoms with Crippen LogP contribution in [0.4, 0.5) is 5.82 Å². The Morgan fingerprint density at radius 1 is 0.923 bits per heavy atom. The summed E-state index contributed by atoms with van der Waals surface area (Å²) in [5, 5.41) is 3.52. The van der Waals surface area contributed by atoms with E-state index in [4.69, 9.17) is 42.6 Å². The molecule has 2 saturated heterocycles. The van der Waals surface area contributed by atoms with Crippen molar-refractivity contribution in [3.8, 4) is 11.1 Å². The van der Waals surface area contributed by atoms with Crippen molar-refractivity contribution in [1.82, 2.24) is 24.5 Å². The number of fused-ring (bicyclic) bond motifs is 5. The largest absolute Gasteiger partial charge is 0.378 e. The SMILES string of the molecule is CCc1nc2ccc(Br)c(Cl)c2s1.COCc1nc2ccc(-c3cn(COCC[Si](C)(C)C)c4nc(N5[C@@H]6CC[C@H]5CC(C)C6)cnc34)c(Cl)c2s1. The van der Waals surface area contributed by atoms with Crippen LogP contribution >= 0.6 is 61.8 Å². The smallest absolute Gasteiger partial charge is 0.163 e. The Morgan fingerprint density at radius 2 is 1.60 bits per heavy atom. The monoisotopic (exact) mass is 858 g/mol. The standard InChI is InChI=1S/C29H38ClN5O2SSi.C9H7BrClNS/c1-18-12-19-6-7-20(13-18)35(19)24-14-31-27-22(15-34(29(27)33-24)17-37-10-11-39(3,4)5)21-8-9-23-28(26(21)30)38-25(32-23)16-36-2;1-2-7-12-6-4-3-5(10)8(11)9(6)13-7/h8-9,14-15,18-20H,6-7,10-13,16-17H2,1-5H3;3-4H,2H2,1H3/t18?,19-,20+;. The van der Waals surface area contributed by atoms with Crippen molar-refractivity contribution >= 4 is 107 Å². The highest BCUT2D eigenvalue weighted by Gasteiger charge is 2.40. The summed E-state index contributed by atoms with van der Waals surface area (Å²) < 4.78 is 16.6. The van der Waals surface area contributed by atoms with Gasteiger partial charge < -0.3 is 18.9 Å². The van der Waals surface area contributed by atoms with Crippen molar-refractivity contribution < 1.29 is 9.47 Å². The van der Waals surface area contributed by atoms with Crippen LogP contribution < -0.4 is 4.90 Å². The van der Waals surface area contributed by atoms with Crippen LogP contribution in [-0.2, 0) is 29.2 Å². The predicted octanol–water partition coefficient (Wildman–Crippen LogP) is 11.9. The third kappa shape index (κ3) is 7.96. The Morgan fingerprint density at radius 3 is 2.29 bits per heavy atom. The van der Waals surface area contributed by atoms with Crippen LogP contribution in [-0.4, -0.2) is 58.4 Å². The van der Waals surface area contributed by atoms with Crippen molar-refractivity contribution in [2.75, 3.05) is 18.6 Å². The van der Waals surface area contributed by atoms with Gasteiger partial charge in [-0.15, -0.1) is 22.7 Å². The van der Waals surface area contributed by atoms with Gasteiger partial charge in [-0.2, -0.15) is 0 Å². The highest BCUT2D eigenvalue weighted by atomic mass is 79.9. The van der Waals surface area contributed by atoms with Crippen molar-refractivity contribution in [2.24, 2.45) is 5.92 Å². The number of benzene rings is 2. The molecule has 8 nitrogen and oxygen atoms in total. The van der Waals surface area contributed by atoms with Gasteiger partial charge in [0.15, 0.2) is 5.65 Å². The molecule has 0 saturated carbocycles. The molecule has 0 N–H and O–H groups in total. The van der Waals surface area contributed by atoms with Crippen LogP contribution in [0.1, 0.15) is 49.5 Å². The lowest BCUT2D eigenvalue weighted by atomic mass is 9.92. The first-order chi connectivity index (χ1) is 24.9. The van der Waals surface area contributed by atoms with E-state index in [-0.39, 0.29) is 0 Å². The molecular weight excluding hydrogens is 815 g/mol. The molecule has 6 heterocycles. The molecule has 8 rings (SSSR count). The van der Waals surface area contributed by atoms with Gasteiger partial charge in [0.05, 0.1) is 48.3 Å². The first kappa shape index (κ1) is 38.1. The Labute approximate surface area is 333 Å². The number of thiazole rings is 2. The molecule has 2 bridgehead atoms. The topological polar surface area (TPSA) is 78.2 Å². The van der Waals surface area contributed by atoms with Gasteiger partial charge in [0, 0.05) is 55.7 Å². The van der Waals surface area contributed by atoms with Gasteiger partial charge in [-0.25, -0.2) is 19.9 Å². The summed E-state index contributed by atoms with van der Waals surface area (Å²) in [5.74, 6) is 1.77. The van der Waals surface area contributed by atoms with Crippen molar-refractivity contribution in [3.63, 3.8) is 0 Å². The second-order valence-electron chi connectivity index (χ2n) is 15.1. The molecule has 276 valence electrons. The number of nitrogens with zero attached hydrogens (tertiary/aromatic N) is 6. The number of aromatic nitrogens is 5. The highest BCUT2D eigenvalue weighted by molar-refractivity contribution is 9.10. The molecule has 2 aromatic carbocycles. The number of piperidine rings is 1. The maximum Gasteiger partial charge on any atom is 0.163 e. The second kappa shape index (κ2) is 15.9.